The van der Waals surface area contributed by atoms with E-state index in [1.165, 1.54) is 48.5 Å². The molecule has 0 fully saturated rings. The number of aliphatic carboxylic acids is 1. The van der Waals surface area contributed by atoms with Crippen molar-refractivity contribution in [1.29, 1.82) is 0 Å². The van der Waals surface area contributed by atoms with E-state index in [0.717, 1.165) is 35.6 Å². The lowest BCUT2D eigenvalue weighted by Gasteiger charge is -2.27. The SMILES string of the molecule is CCCCCCCCCCCC(=O)O.Ic1ccc(N2NC(c3ccccc3)=NN2c2ccccc2)cc1. The summed E-state index contributed by atoms with van der Waals surface area (Å²) in [6, 6.07) is 28.6. The number of carboxylic acids is 1. The van der Waals surface area contributed by atoms with Crippen LogP contribution in [0, 0.1) is 3.57 Å². The van der Waals surface area contributed by atoms with Crippen molar-refractivity contribution in [1.82, 2.24) is 5.43 Å². The third-order valence-electron chi connectivity index (χ3n) is 6.20. The van der Waals surface area contributed by atoms with E-state index in [4.69, 9.17) is 10.2 Å². The van der Waals surface area contributed by atoms with Crippen molar-refractivity contribution in [3.63, 3.8) is 0 Å². The first-order valence-electron chi connectivity index (χ1n) is 13.6. The molecule has 1 heterocycles. The number of nitrogens with zero attached hydrogens (tertiary/aromatic N) is 3. The number of carbonyl (C=O) groups is 1. The minimum atomic E-state index is -0.659. The molecule has 0 aromatic heterocycles. The number of anilines is 2. The maximum Gasteiger partial charge on any atom is 0.303 e. The van der Waals surface area contributed by atoms with Crippen LogP contribution in [0.25, 0.3) is 0 Å². The van der Waals surface area contributed by atoms with Crippen LogP contribution in [-0.2, 0) is 4.79 Å². The molecule has 202 valence electrons. The van der Waals surface area contributed by atoms with Gasteiger partial charge in [0.25, 0.3) is 0 Å². The first-order chi connectivity index (χ1) is 18.6. The number of para-hydroxylation sites is 1. The summed E-state index contributed by atoms with van der Waals surface area (Å²) >= 11 is 2.31. The molecule has 6 nitrogen and oxygen atoms in total. The summed E-state index contributed by atoms with van der Waals surface area (Å²) in [6.45, 7) is 2.23. The summed E-state index contributed by atoms with van der Waals surface area (Å²) in [5.74, 6) is 0.158. The quantitative estimate of drug-likeness (QED) is 0.147. The van der Waals surface area contributed by atoms with Gasteiger partial charge in [0.1, 0.15) is 0 Å². The Kier molecular flexibility index (Phi) is 13.0. The van der Waals surface area contributed by atoms with E-state index in [9.17, 15) is 4.79 Å². The number of nitrogens with one attached hydrogen (secondary N) is 1. The zero-order valence-corrected chi connectivity index (χ0v) is 24.4. The molecular formula is C31H39IN4O2. The highest BCUT2D eigenvalue weighted by Crippen LogP contribution is 2.26. The molecule has 0 spiro atoms. The predicted octanol–water partition coefficient (Wildman–Crippen LogP) is 8.39. The van der Waals surface area contributed by atoms with Crippen molar-refractivity contribution in [2.45, 2.75) is 71.1 Å². The smallest absolute Gasteiger partial charge is 0.303 e. The number of halogens is 1. The van der Waals surface area contributed by atoms with Gasteiger partial charge in [0.05, 0.1) is 11.4 Å². The molecule has 0 unspecified atom stereocenters. The Bertz CT molecular complexity index is 1110. The third kappa shape index (κ3) is 10.0. The molecule has 1 aliphatic rings. The molecule has 0 atom stereocenters. The standard InChI is InChI=1S/C19H15IN4.C12H24O2/c20-16-11-13-18(14-12-16)24-22-19(15-7-3-1-4-8-15)21-23(24)17-9-5-2-6-10-17;1-2-3-4-5-6-7-8-9-10-11-12(13)14/h1-14H,(H,21,22);2-11H2,1H3,(H,13,14). The highest BCUT2D eigenvalue weighted by atomic mass is 127. The Hall–Kier alpha value is -3.07. The number of hydrogen-bond acceptors (Lipinski definition) is 5. The van der Waals surface area contributed by atoms with Crippen molar-refractivity contribution < 1.29 is 9.90 Å². The van der Waals surface area contributed by atoms with Crippen LogP contribution in [0.1, 0.15) is 76.7 Å². The Balaban J connectivity index is 0.000000247. The van der Waals surface area contributed by atoms with Crippen LogP contribution in [0.5, 0.6) is 0 Å². The lowest BCUT2D eigenvalue weighted by atomic mass is 10.1. The van der Waals surface area contributed by atoms with Crippen LogP contribution < -0.4 is 15.7 Å². The van der Waals surface area contributed by atoms with Crippen LogP contribution in [0.3, 0.4) is 0 Å². The van der Waals surface area contributed by atoms with Gasteiger partial charge in [-0.15, -0.1) is 5.10 Å². The number of hydrogen-bond donors (Lipinski definition) is 2. The molecule has 0 saturated carbocycles. The normalized spacial score (nSPS) is 12.4. The second-order valence-electron chi connectivity index (χ2n) is 9.31. The minimum absolute atomic E-state index is 0.343. The van der Waals surface area contributed by atoms with Gasteiger partial charge in [-0.3, -0.25) is 10.2 Å². The number of unbranched alkanes of at least 4 members (excludes halogenated alkanes) is 8. The van der Waals surface area contributed by atoms with E-state index < -0.39 is 5.97 Å². The fraction of sp³-hybridized carbons (Fsp3) is 0.355. The minimum Gasteiger partial charge on any atom is -0.481 e. The zero-order valence-electron chi connectivity index (χ0n) is 22.2. The Morgan fingerprint density at radius 2 is 1.32 bits per heavy atom. The van der Waals surface area contributed by atoms with Crippen molar-refractivity contribution in [3.8, 4) is 0 Å². The van der Waals surface area contributed by atoms with Gasteiger partial charge in [-0.25, -0.2) is 0 Å². The molecule has 0 radical (unpaired) electrons. The Labute approximate surface area is 240 Å². The van der Waals surface area contributed by atoms with Gasteiger partial charge in [-0.1, -0.05) is 107 Å². The van der Waals surface area contributed by atoms with Gasteiger partial charge in [0.2, 0.25) is 0 Å². The van der Waals surface area contributed by atoms with Gasteiger partial charge in [0.15, 0.2) is 5.84 Å². The molecule has 3 aromatic carbocycles. The number of benzene rings is 3. The monoisotopic (exact) mass is 626 g/mol. The van der Waals surface area contributed by atoms with Crippen molar-refractivity contribution in [2.24, 2.45) is 5.10 Å². The molecule has 4 rings (SSSR count). The van der Waals surface area contributed by atoms with Crippen LogP contribution in [0.15, 0.2) is 90.0 Å². The van der Waals surface area contributed by atoms with Gasteiger partial charge in [-0.2, -0.15) is 10.2 Å². The number of hydrazine groups is 2. The highest BCUT2D eigenvalue weighted by molar-refractivity contribution is 14.1. The number of amidine groups is 1. The second-order valence-corrected chi connectivity index (χ2v) is 10.6. The first kappa shape index (κ1) is 29.5. The van der Waals surface area contributed by atoms with Crippen LogP contribution >= 0.6 is 22.6 Å². The summed E-state index contributed by atoms with van der Waals surface area (Å²) in [5, 5.41) is 17.0. The molecule has 0 aliphatic carbocycles. The largest absolute Gasteiger partial charge is 0.481 e. The molecule has 0 saturated heterocycles. The fourth-order valence-electron chi connectivity index (χ4n) is 4.11. The van der Waals surface area contributed by atoms with E-state index >= 15 is 0 Å². The fourth-order valence-corrected chi connectivity index (χ4v) is 4.47. The van der Waals surface area contributed by atoms with E-state index in [1.54, 1.807) is 0 Å². The van der Waals surface area contributed by atoms with Gasteiger partial charge in [-0.05, 0) is 65.4 Å². The maximum absolute atomic E-state index is 10.2. The lowest BCUT2D eigenvalue weighted by Crippen LogP contribution is -2.44. The van der Waals surface area contributed by atoms with Crippen LogP contribution in [-0.4, -0.2) is 16.9 Å². The van der Waals surface area contributed by atoms with Crippen LogP contribution in [0.4, 0.5) is 11.4 Å². The molecule has 7 heteroatoms. The maximum atomic E-state index is 10.2. The summed E-state index contributed by atoms with van der Waals surface area (Å²) in [6.07, 6.45) is 11.5. The molecule has 3 aromatic rings. The van der Waals surface area contributed by atoms with Crippen LogP contribution in [0.2, 0.25) is 0 Å². The Morgan fingerprint density at radius 1 is 0.763 bits per heavy atom. The zero-order chi connectivity index (χ0) is 27.0. The highest BCUT2D eigenvalue weighted by Gasteiger charge is 2.26. The molecular weight excluding hydrogens is 587 g/mol. The average Bonchev–Trinajstić information content (AvgIpc) is 3.39. The first-order valence-corrected chi connectivity index (χ1v) is 14.7. The van der Waals surface area contributed by atoms with Gasteiger partial charge < -0.3 is 5.11 Å². The number of hydrazone groups is 1. The Morgan fingerprint density at radius 3 is 1.89 bits per heavy atom. The lowest BCUT2D eigenvalue weighted by molar-refractivity contribution is -0.137. The summed E-state index contributed by atoms with van der Waals surface area (Å²) < 4.78 is 1.20. The van der Waals surface area contributed by atoms with Gasteiger partial charge in [0, 0.05) is 15.6 Å². The van der Waals surface area contributed by atoms with Crippen molar-refractivity contribution >= 4 is 45.8 Å². The molecule has 2 N–H and O–H groups in total. The van der Waals surface area contributed by atoms with E-state index in [0.29, 0.717) is 6.42 Å². The van der Waals surface area contributed by atoms with E-state index in [-0.39, 0.29) is 0 Å². The number of rotatable bonds is 13. The average molecular weight is 627 g/mol. The summed E-state index contributed by atoms with van der Waals surface area (Å²) in [4.78, 5) is 10.2. The topological polar surface area (TPSA) is 68.2 Å². The second kappa shape index (κ2) is 16.7. The van der Waals surface area contributed by atoms with Gasteiger partial charge >= 0.3 is 5.97 Å². The van der Waals surface area contributed by atoms with Crippen molar-refractivity contribution in [3.05, 3.63) is 94.1 Å². The summed E-state index contributed by atoms with van der Waals surface area (Å²) in [7, 11) is 0. The molecule has 0 amide bonds. The third-order valence-corrected chi connectivity index (χ3v) is 6.91. The predicted molar refractivity (Wildman–Crippen MR) is 166 cm³/mol. The summed E-state index contributed by atoms with van der Waals surface area (Å²) in [5.41, 5.74) is 6.46. The number of carboxylic acid groups (broad SMARTS) is 1. The molecule has 38 heavy (non-hydrogen) atoms. The molecule has 0 bridgehead atoms. The van der Waals surface area contributed by atoms with Crippen molar-refractivity contribution in [2.75, 3.05) is 10.2 Å². The van der Waals surface area contributed by atoms with E-state index in [2.05, 4.69) is 59.2 Å². The molecule has 1 aliphatic heterocycles. The van der Waals surface area contributed by atoms with E-state index in [1.807, 2.05) is 70.9 Å².